The van der Waals surface area contributed by atoms with Crippen molar-refractivity contribution < 1.29 is 9.32 Å². The molecular weight excluding hydrogens is 368 g/mol. The van der Waals surface area contributed by atoms with Crippen molar-refractivity contribution in [2.24, 2.45) is 5.92 Å². The third-order valence-electron chi connectivity index (χ3n) is 5.45. The molecule has 3 aromatic heterocycles. The summed E-state index contributed by atoms with van der Waals surface area (Å²) in [6.45, 7) is 6.18. The summed E-state index contributed by atoms with van der Waals surface area (Å²) >= 11 is 0. The molecule has 1 unspecified atom stereocenters. The molecule has 1 aliphatic heterocycles. The average molecular weight is 394 g/mol. The first-order valence-corrected chi connectivity index (χ1v) is 10.1. The number of amides is 1. The van der Waals surface area contributed by atoms with Gasteiger partial charge in [0.25, 0.3) is 0 Å². The van der Waals surface area contributed by atoms with Crippen molar-refractivity contribution in [2.45, 2.75) is 46.1 Å². The van der Waals surface area contributed by atoms with Crippen LogP contribution < -0.4 is 0 Å². The van der Waals surface area contributed by atoms with Gasteiger partial charge in [-0.3, -0.25) is 14.5 Å². The van der Waals surface area contributed by atoms with Gasteiger partial charge in [-0.15, -0.1) is 0 Å². The number of carbonyl (C=O) groups excluding carboxylic acids is 1. The summed E-state index contributed by atoms with van der Waals surface area (Å²) < 4.78 is 7.12. The van der Waals surface area contributed by atoms with Crippen LogP contribution >= 0.6 is 0 Å². The van der Waals surface area contributed by atoms with E-state index >= 15 is 0 Å². The van der Waals surface area contributed by atoms with E-state index in [2.05, 4.69) is 15.2 Å². The summed E-state index contributed by atoms with van der Waals surface area (Å²) in [5, 5.41) is 8.18. The Morgan fingerprint density at radius 1 is 1.31 bits per heavy atom. The molecule has 4 rings (SSSR count). The van der Waals surface area contributed by atoms with Crippen LogP contribution in [0.5, 0.6) is 0 Å². The molecule has 0 aliphatic carbocycles. The molecule has 152 valence electrons. The van der Waals surface area contributed by atoms with Gasteiger partial charge in [0.2, 0.25) is 5.91 Å². The molecule has 29 heavy (non-hydrogen) atoms. The minimum absolute atomic E-state index is 0.232. The Labute approximate surface area is 169 Å². The lowest BCUT2D eigenvalue weighted by molar-refractivity contribution is -0.130. The van der Waals surface area contributed by atoms with E-state index in [9.17, 15) is 4.79 Å². The van der Waals surface area contributed by atoms with E-state index in [0.717, 1.165) is 67.3 Å². The maximum absolute atomic E-state index is 12.5. The van der Waals surface area contributed by atoms with E-state index in [1.165, 1.54) is 0 Å². The minimum Gasteiger partial charge on any atom is -0.361 e. The molecule has 0 N–H and O–H groups in total. The van der Waals surface area contributed by atoms with Crippen molar-refractivity contribution in [1.82, 2.24) is 29.8 Å². The Balaban J connectivity index is 1.31. The predicted octanol–water partition coefficient (Wildman–Crippen LogP) is 2.82. The predicted molar refractivity (Wildman–Crippen MR) is 107 cm³/mol. The van der Waals surface area contributed by atoms with Gasteiger partial charge < -0.3 is 9.42 Å². The zero-order chi connectivity index (χ0) is 20.2. The molecule has 4 heterocycles. The molecule has 1 amide bonds. The molecular formula is C21H26N6O2. The SMILES string of the molecule is Cc1noc(C)c1-c1cncc(CC2CCN(C(=O)CCCn3cccn3)C2)n1. The standard InChI is InChI=1S/C21H26N6O2/c1-15-21(16(2)29-25-15)19-13-22-12-18(24-19)11-17-6-10-26(14-17)20(28)5-3-8-27-9-4-7-23-27/h4,7,9,12-13,17H,3,5-6,8,10-11,14H2,1-2H3. The highest BCUT2D eigenvalue weighted by Gasteiger charge is 2.26. The molecule has 8 nitrogen and oxygen atoms in total. The lowest BCUT2D eigenvalue weighted by Crippen LogP contribution is -2.29. The zero-order valence-corrected chi connectivity index (χ0v) is 16.9. The van der Waals surface area contributed by atoms with Gasteiger partial charge in [-0.05, 0) is 45.1 Å². The first-order chi connectivity index (χ1) is 14.1. The van der Waals surface area contributed by atoms with Crippen molar-refractivity contribution in [3.63, 3.8) is 0 Å². The summed E-state index contributed by atoms with van der Waals surface area (Å²) in [7, 11) is 0. The van der Waals surface area contributed by atoms with Crippen LogP contribution in [0.3, 0.4) is 0 Å². The normalized spacial score (nSPS) is 16.5. The third-order valence-corrected chi connectivity index (χ3v) is 5.45. The summed E-state index contributed by atoms with van der Waals surface area (Å²) in [4.78, 5) is 23.6. The van der Waals surface area contributed by atoms with Crippen LogP contribution in [0, 0.1) is 19.8 Å². The van der Waals surface area contributed by atoms with Crippen LogP contribution in [0.25, 0.3) is 11.3 Å². The molecule has 1 atom stereocenters. The number of rotatable bonds is 7. The quantitative estimate of drug-likeness (QED) is 0.612. The van der Waals surface area contributed by atoms with Crippen molar-refractivity contribution in [3.05, 3.63) is 48.0 Å². The molecule has 8 heteroatoms. The number of carbonyl (C=O) groups is 1. The smallest absolute Gasteiger partial charge is 0.222 e. The molecule has 3 aromatic rings. The van der Waals surface area contributed by atoms with Crippen LogP contribution in [-0.2, 0) is 17.8 Å². The van der Waals surface area contributed by atoms with E-state index in [-0.39, 0.29) is 5.91 Å². The zero-order valence-electron chi connectivity index (χ0n) is 16.9. The number of hydrogen-bond acceptors (Lipinski definition) is 6. The van der Waals surface area contributed by atoms with Gasteiger partial charge in [-0.25, -0.2) is 4.98 Å². The van der Waals surface area contributed by atoms with Crippen molar-refractivity contribution in [1.29, 1.82) is 0 Å². The fraction of sp³-hybridized carbons (Fsp3) is 0.476. The van der Waals surface area contributed by atoms with E-state index in [1.807, 2.05) is 41.9 Å². The summed E-state index contributed by atoms with van der Waals surface area (Å²) in [5.41, 5.74) is 3.48. The maximum Gasteiger partial charge on any atom is 0.222 e. The van der Waals surface area contributed by atoms with Gasteiger partial charge in [-0.1, -0.05) is 5.16 Å². The van der Waals surface area contributed by atoms with Crippen LogP contribution in [0.1, 0.15) is 36.4 Å². The summed E-state index contributed by atoms with van der Waals surface area (Å²) in [6.07, 6.45) is 10.4. The first kappa shape index (κ1) is 19.3. The van der Waals surface area contributed by atoms with E-state index in [4.69, 9.17) is 9.51 Å². The Hall–Kier alpha value is -3.03. The van der Waals surface area contributed by atoms with Gasteiger partial charge in [0, 0.05) is 44.6 Å². The molecule has 1 saturated heterocycles. The van der Waals surface area contributed by atoms with E-state index in [0.29, 0.717) is 12.3 Å². The molecule has 0 spiro atoms. The Kier molecular flexibility index (Phi) is 5.69. The second-order valence-electron chi connectivity index (χ2n) is 7.67. The van der Waals surface area contributed by atoms with Crippen LogP contribution in [-0.4, -0.2) is 48.8 Å². The maximum atomic E-state index is 12.5. The molecule has 1 aliphatic rings. The molecule has 0 saturated carbocycles. The fourth-order valence-electron chi connectivity index (χ4n) is 3.98. The van der Waals surface area contributed by atoms with Gasteiger partial charge >= 0.3 is 0 Å². The highest BCUT2D eigenvalue weighted by atomic mass is 16.5. The lowest BCUT2D eigenvalue weighted by atomic mass is 10.0. The highest BCUT2D eigenvalue weighted by Crippen LogP contribution is 2.26. The van der Waals surface area contributed by atoms with Crippen molar-refractivity contribution in [3.8, 4) is 11.3 Å². The monoisotopic (exact) mass is 394 g/mol. The molecule has 1 fully saturated rings. The number of aromatic nitrogens is 5. The molecule has 0 bridgehead atoms. The molecule has 0 aromatic carbocycles. The third kappa shape index (κ3) is 4.52. The van der Waals surface area contributed by atoms with Crippen molar-refractivity contribution >= 4 is 5.91 Å². The summed E-state index contributed by atoms with van der Waals surface area (Å²) in [6, 6.07) is 1.90. The molecule has 0 radical (unpaired) electrons. The highest BCUT2D eigenvalue weighted by molar-refractivity contribution is 5.76. The number of hydrogen-bond donors (Lipinski definition) is 0. The van der Waals surface area contributed by atoms with Gasteiger partial charge in [0.1, 0.15) is 5.76 Å². The Morgan fingerprint density at radius 2 is 2.21 bits per heavy atom. The second kappa shape index (κ2) is 8.55. The lowest BCUT2D eigenvalue weighted by Gasteiger charge is -2.16. The van der Waals surface area contributed by atoms with E-state index in [1.54, 1.807) is 12.4 Å². The Morgan fingerprint density at radius 3 is 2.97 bits per heavy atom. The topological polar surface area (TPSA) is 89.9 Å². The fourth-order valence-corrected chi connectivity index (χ4v) is 3.98. The van der Waals surface area contributed by atoms with Gasteiger partial charge in [0.05, 0.1) is 28.8 Å². The van der Waals surface area contributed by atoms with E-state index < -0.39 is 0 Å². The van der Waals surface area contributed by atoms with Crippen LogP contribution in [0.4, 0.5) is 0 Å². The first-order valence-electron chi connectivity index (χ1n) is 10.1. The largest absolute Gasteiger partial charge is 0.361 e. The van der Waals surface area contributed by atoms with Crippen molar-refractivity contribution in [2.75, 3.05) is 13.1 Å². The Bertz CT molecular complexity index is 946. The second-order valence-corrected chi connectivity index (χ2v) is 7.67. The summed E-state index contributed by atoms with van der Waals surface area (Å²) in [5.74, 6) is 1.40. The van der Waals surface area contributed by atoms with Gasteiger partial charge in [0.15, 0.2) is 0 Å². The van der Waals surface area contributed by atoms with Gasteiger partial charge in [-0.2, -0.15) is 5.10 Å². The van der Waals surface area contributed by atoms with Crippen LogP contribution in [0.2, 0.25) is 0 Å². The minimum atomic E-state index is 0.232. The number of likely N-dealkylation sites (tertiary alicyclic amines) is 1. The average Bonchev–Trinajstić information content (AvgIpc) is 3.45. The van der Waals surface area contributed by atoms with Crippen LogP contribution in [0.15, 0.2) is 35.4 Å². The number of nitrogens with zero attached hydrogens (tertiary/aromatic N) is 6. The number of aryl methyl sites for hydroxylation is 3.